The molecule has 1 N–H and O–H groups in total. The number of aliphatic hydroxyl groups excluding tert-OH is 1. The number of ether oxygens (including phenoxy) is 2. The number of amides is 2. The summed E-state index contributed by atoms with van der Waals surface area (Å²) in [5, 5.41) is 9.01. The van der Waals surface area contributed by atoms with Gasteiger partial charge in [0.1, 0.15) is 17.5 Å². The summed E-state index contributed by atoms with van der Waals surface area (Å²) in [4.78, 5) is 52.7. The fraction of sp³-hybridized carbons (Fsp3) is 0.658. The zero-order valence-corrected chi connectivity index (χ0v) is 30.7. The van der Waals surface area contributed by atoms with E-state index in [-0.39, 0.29) is 18.8 Å². The van der Waals surface area contributed by atoms with Gasteiger partial charge >= 0.3 is 12.2 Å². The first kappa shape index (κ1) is 37.3. The molecule has 4 fully saturated rings. The third kappa shape index (κ3) is 9.64. The molecule has 6 rings (SSSR count). The number of aldehydes is 1. The van der Waals surface area contributed by atoms with E-state index in [2.05, 4.69) is 38.0 Å². The maximum Gasteiger partial charge on any atom is 0.410 e. The highest BCUT2D eigenvalue weighted by molar-refractivity contribution is 5.70. The quantitative estimate of drug-likeness (QED) is 0.360. The average Bonchev–Trinajstić information content (AvgIpc) is 3.48. The molecule has 4 unspecified atom stereocenters. The van der Waals surface area contributed by atoms with Crippen LogP contribution in [0, 0.1) is 0 Å². The Morgan fingerprint density at radius 2 is 1.14 bits per heavy atom. The number of carbonyl (C=O) groups is 3. The fourth-order valence-electron chi connectivity index (χ4n) is 7.59. The van der Waals surface area contributed by atoms with E-state index in [1.165, 1.54) is 5.69 Å². The Morgan fingerprint density at radius 1 is 0.740 bits per heavy atom. The van der Waals surface area contributed by atoms with Gasteiger partial charge in [0, 0.05) is 98.5 Å². The molecule has 4 atom stereocenters. The van der Waals surface area contributed by atoms with Gasteiger partial charge in [-0.3, -0.25) is 9.97 Å². The first-order valence-corrected chi connectivity index (χ1v) is 18.2. The monoisotopic (exact) mass is 692 g/mol. The van der Waals surface area contributed by atoms with E-state index in [9.17, 15) is 14.4 Å². The second-order valence-electron chi connectivity index (χ2n) is 15.9. The van der Waals surface area contributed by atoms with Crippen LogP contribution in [0.2, 0.25) is 0 Å². The van der Waals surface area contributed by atoms with Crippen LogP contribution < -0.4 is 9.80 Å². The lowest BCUT2D eigenvalue weighted by molar-refractivity contribution is -0.107. The summed E-state index contributed by atoms with van der Waals surface area (Å²) in [6.45, 7) is 14.4. The third-order valence-corrected chi connectivity index (χ3v) is 9.57. The van der Waals surface area contributed by atoms with Crippen LogP contribution in [-0.2, 0) is 27.1 Å². The van der Waals surface area contributed by atoms with Gasteiger partial charge in [0.25, 0.3) is 0 Å². The van der Waals surface area contributed by atoms with Crippen LogP contribution in [0.25, 0.3) is 0 Å². The van der Waals surface area contributed by atoms with Gasteiger partial charge in [-0.15, -0.1) is 0 Å². The topological polar surface area (TPSA) is 129 Å². The summed E-state index contributed by atoms with van der Waals surface area (Å²) in [5.74, 6) is 0. The number of anilines is 2. The van der Waals surface area contributed by atoms with Crippen LogP contribution in [0.5, 0.6) is 0 Å². The Labute approximate surface area is 297 Å². The Hall–Kier alpha value is -3.93. The number of likely N-dealkylation sites (tertiary alicyclic amines) is 2. The van der Waals surface area contributed by atoms with Crippen molar-refractivity contribution in [2.75, 3.05) is 42.6 Å². The maximum absolute atomic E-state index is 12.4. The van der Waals surface area contributed by atoms with E-state index >= 15 is 0 Å². The highest BCUT2D eigenvalue weighted by Crippen LogP contribution is 2.37. The lowest BCUT2D eigenvalue weighted by Gasteiger charge is -2.42. The second kappa shape index (κ2) is 16.0. The second-order valence-corrected chi connectivity index (χ2v) is 15.9. The van der Waals surface area contributed by atoms with Crippen molar-refractivity contribution >= 4 is 29.8 Å². The van der Waals surface area contributed by atoms with Gasteiger partial charge in [-0.1, -0.05) is 0 Å². The molecule has 2 amide bonds. The Balaban J connectivity index is 0.000000194. The molecule has 2 aromatic heterocycles. The van der Waals surface area contributed by atoms with Gasteiger partial charge < -0.3 is 39.0 Å². The third-order valence-electron chi connectivity index (χ3n) is 9.57. The van der Waals surface area contributed by atoms with Crippen molar-refractivity contribution < 1.29 is 29.0 Å². The predicted octanol–water partition coefficient (Wildman–Crippen LogP) is 5.40. The van der Waals surface area contributed by atoms with Gasteiger partial charge in [0.2, 0.25) is 0 Å². The SMILES string of the molecule is CC(C)(C)OC(=O)N1CC2CCC(C1)N2c1ccnc(CCC=O)c1.CC(C)(C)OC(=O)N1CC2CCC(C1)N2c1ccnc(CCCO)c1. The Bertz CT molecular complexity index is 1450. The van der Waals surface area contributed by atoms with Crippen molar-refractivity contribution in [1.82, 2.24) is 19.8 Å². The van der Waals surface area contributed by atoms with Crippen LogP contribution in [-0.4, -0.2) is 112 Å². The van der Waals surface area contributed by atoms with Gasteiger partial charge in [-0.05, 0) is 111 Å². The Morgan fingerprint density at radius 3 is 1.50 bits per heavy atom. The number of aryl methyl sites for hydroxylation is 2. The number of aromatic nitrogens is 2. The van der Waals surface area contributed by atoms with Gasteiger partial charge in [-0.25, -0.2) is 9.59 Å². The maximum atomic E-state index is 12.4. The summed E-state index contributed by atoms with van der Waals surface area (Å²) in [6.07, 6.45) is 11.2. The molecule has 0 aliphatic carbocycles. The minimum atomic E-state index is -0.466. The molecule has 50 heavy (non-hydrogen) atoms. The highest BCUT2D eigenvalue weighted by Gasteiger charge is 2.44. The number of hydrogen-bond donors (Lipinski definition) is 1. The number of nitrogens with zero attached hydrogens (tertiary/aromatic N) is 6. The molecule has 4 aliphatic heterocycles. The highest BCUT2D eigenvalue weighted by atomic mass is 16.6. The van der Waals surface area contributed by atoms with E-state index < -0.39 is 11.2 Å². The van der Waals surface area contributed by atoms with Gasteiger partial charge in [0.15, 0.2) is 0 Å². The van der Waals surface area contributed by atoms with Crippen molar-refractivity contribution in [3.05, 3.63) is 48.0 Å². The molecule has 6 heterocycles. The van der Waals surface area contributed by atoms with Crippen molar-refractivity contribution in [1.29, 1.82) is 0 Å². The van der Waals surface area contributed by atoms with Crippen LogP contribution in [0.15, 0.2) is 36.7 Å². The van der Waals surface area contributed by atoms with Gasteiger partial charge in [-0.2, -0.15) is 0 Å². The number of pyridine rings is 2. The van der Waals surface area contributed by atoms with Gasteiger partial charge in [0.05, 0.1) is 0 Å². The molecule has 12 heteroatoms. The van der Waals surface area contributed by atoms with E-state index in [1.807, 2.05) is 69.8 Å². The molecule has 4 aliphatic rings. The smallest absolute Gasteiger partial charge is 0.410 e. The average molecular weight is 693 g/mol. The predicted molar refractivity (Wildman–Crippen MR) is 192 cm³/mol. The lowest BCUT2D eigenvalue weighted by atomic mass is 10.1. The summed E-state index contributed by atoms with van der Waals surface area (Å²) in [7, 11) is 0. The van der Waals surface area contributed by atoms with Crippen molar-refractivity contribution in [3.8, 4) is 0 Å². The Kier molecular flexibility index (Phi) is 11.9. The number of fused-ring (bicyclic) bond motifs is 4. The minimum Gasteiger partial charge on any atom is -0.444 e. The molecule has 4 saturated heterocycles. The standard InChI is InChI=1S/C19H29N3O3.C19H27N3O3/c2*1-19(2,3)25-18(24)21-12-16-6-7-17(13-21)22(16)15-8-9-20-14(11-15)5-4-10-23/h8-9,11,16-17,23H,4-7,10,12-13H2,1-3H3;8-11,16-17H,4-7,12-13H2,1-3H3. The number of rotatable bonds is 8. The zero-order chi connectivity index (χ0) is 36.1. The van der Waals surface area contributed by atoms with Crippen LogP contribution in [0.1, 0.15) is 91.5 Å². The normalized spacial score (nSPS) is 22.9. The summed E-state index contributed by atoms with van der Waals surface area (Å²) in [6, 6.07) is 9.58. The molecule has 4 bridgehead atoms. The van der Waals surface area contributed by atoms with Crippen molar-refractivity contribution in [3.63, 3.8) is 0 Å². The largest absolute Gasteiger partial charge is 0.444 e. The zero-order valence-electron chi connectivity index (χ0n) is 30.7. The molecule has 274 valence electrons. The molecular weight excluding hydrogens is 636 g/mol. The first-order valence-electron chi connectivity index (χ1n) is 18.2. The van der Waals surface area contributed by atoms with Crippen LogP contribution >= 0.6 is 0 Å². The number of carbonyl (C=O) groups excluding carboxylic acids is 3. The molecular formula is C38H56N6O6. The van der Waals surface area contributed by atoms with Crippen molar-refractivity contribution in [2.24, 2.45) is 0 Å². The van der Waals surface area contributed by atoms with E-state index in [0.717, 1.165) is 61.9 Å². The van der Waals surface area contributed by atoms with Crippen LogP contribution in [0.4, 0.5) is 21.0 Å². The van der Waals surface area contributed by atoms with E-state index in [1.54, 1.807) is 0 Å². The fourth-order valence-corrected chi connectivity index (χ4v) is 7.59. The molecule has 0 spiro atoms. The van der Waals surface area contributed by atoms with E-state index in [0.29, 0.717) is 63.2 Å². The summed E-state index contributed by atoms with van der Waals surface area (Å²) >= 11 is 0. The minimum absolute atomic E-state index is 0.186. The van der Waals surface area contributed by atoms with E-state index in [4.69, 9.17) is 14.6 Å². The molecule has 0 radical (unpaired) electrons. The number of aliphatic hydroxyl groups is 1. The molecule has 12 nitrogen and oxygen atoms in total. The molecule has 0 saturated carbocycles. The van der Waals surface area contributed by atoms with Crippen molar-refractivity contribution in [2.45, 2.75) is 128 Å². The molecule has 2 aromatic rings. The molecule has 0 aromatic carbocycles. The summed E-state index contributed by atoms with van der Waals surface area (Å²) < 4.78 is 11.1. The van der Waals surface area contributed by atoms with Crippen LogP contribution in [0.3, 0.4) is 0 Å². The first-order chi connectivity index (χ1) is 23.7. The number of piperazine rings is 2. The lowest BCUT2D eigenvalue weighted by Crippen LogP contribution is -2.56. The number of hydrogen-bond acceptors (Lipinski definition) is 10. The summed E-state index contributed by atoms with van der Waals surface area (Å²) in [5.41, 5.74) is 3.36.